The van der Waals surface area contributed by atoms with Crippen molar-refractivity contribution < 1.29 is 19.8 Å². The zero-order chi connectivity index (χ0) is 20.2. The van der Waals surface area contributed by atoms with Crippen LogP contribution >= 0.6 is 0 Å². The maximum Gasteiger partial charge on any atom is 0.305 e. The molecular weight excluding hydrogens is 358 g/mol. The molecule has 7 heteroatoms. The van der Waals surface area contributed by atoms with E-state index in [-0.39, 0.29) is 11.4 Å². The van der Waals surface area contributed by atoms with Gasteiger partial charge in [0.05, 0.1) is 18.0 Å². The molecule has 0 amide bonds. The molecule has 2 aromatic heterocycles. The van der Waals surface area contributed by atoms with Crippen LogP contribution in [0.15, 0.2) is 30.5 Å². The Balaban J connectivity index is 2.09. The third kappa shape index (κ3) is 2.59. The van der Waals surface area contributed by atoms with E-state index in [4.69, 9.17) is 10.8 Å². The van der Waals surface area contributed by atoms with Crippen molar-refractivity contribution in [3.63, 3.8) is 0 Å². The van der Waals surface area contributed by atoms with E-state index in [2.05, 4.69) is 9.97 Å². The second-order valence-corrected chi connectivity index (χ2v) is 7.01. The number of benzene rings is 2. The number of rotatable bonds is 4. The number of carbonyl (C=O) groups excluding carboxylic acids is 1. The maximum absolute atomic E-state index is 12.9. The summed E-state index contributed by atoms with van der Waals surface area (Å²) in [5.41, 5.74) is 9.55. The Morgan fingerprint density at radius 3 is 2.61 bits per heavy atom. The van der Waals surface area contributed by atoms with Gasteiger partial charge in [0, 0.05) is 27.9 Å². The molecule has 0 bridgehead atoms. The van der Waals surface area contributed by atoms with E-state index in [1.165, 1.54) is 6.20 Å². The summed E-state index contributed by atoms with van der Waals surface area (Å²) in [6, 6.07) is 5.77. The summed E-state index contributed by atoms with van der Waals surface area (Å²) in [5.74, 6) is -1.49. The summed E-state index contributed by atoms with van der Waals surface area (Å²) < 4.78 is 0. The van der Waals surface area contributed by atoms with Gasteiger partial charge in [-0.2, -0.15) is 0 Å². The second kappa shape index (κ2) is 6.31. The van der Waals surface area contributed by atoms with E-state index in [0.717, 1.165) is 38.3 Å². The number of phenols is 1. The monoisotopic (exact) mass is 377 g/mol. The van der Waals surface area contributed by atoms with E-state index in [0.29, 0.717) is 5.39 Å². The number of H-pyrrole nitrogens is 1. The summed E-state index contributed by atoms with van der Waals surface area (Å²) in [5, 5.41) is 22.1. The zero-order valence-corrected chi connectivity index (χ0v) is 15.4. The second-order valence-electron chi connectivity index (χ2n) is 7.01. The van der Waals surface area contributed by atoms with E-state index < -0.39 is 24.2 Å². The van der Waals surface area contributed by atoms with Gasteiger partial charge in [-0.1, -0.05) is 0 Å². The van der Waals surface area contributed by atoms with Crippen LogP contribution in [-0.2, 0) is 4.79 Å². The lowest BCUT2D eigenvalue weighted by atomic mass is 9.92. The average molecular weight is 377 g/mol. The summed E-state index contributed by atoms with van der Waals surface area (Å²) in [6.45, 7) is 3.84. The largest absolute Gasteiger partial charge is 0.508 e. The van der Waals surface area contributed by atoms with Gasteiger partial charge in [-0.3, -0.25) is 14.6 Å². The maximum atomic E-state index is 12.9. The number of hydrogen-bond acceptors (Lipinski definition) is 5. The number of ketones is 1. The van der Waals surface area contributed by atoms with Crippen LogP contribution in [-0.4, -0.2) is 38.0 Å². The molecular formula is C21H19N3O4. The van der Waals surface area contributed by atoms with Crippen molar-refractivity contribution in [1.29, 1.82) is 0 Å². The van der Waals surface area contributed by atoms with Gasteiger partial charge in [0.2, 0.25) is 0 Å². The van der Waals surface area contributed by atoms with Crippen molar-refractivity contribution in [1.82, 2.24) is 9.97 Å². The molecule has 0 saturated carbocycles. The fourth-order valence-corrected chi connectivity index (χ4v) is 3.91. The molecule has 1 atom stereocenters. The molecule has 0 spiro atoms. The Kier molecular flexibility index (Phi) is 4.05. The van der Waals surface area contributed by atoms with Crippen LogP contribution in [0.25, 0.3) is 32.6 Å². The molecule has 0 aliphatic rings. The number of Topliss-reactive ketones (excluding diaryl/α,β-unsaturated/α-hetero) is 1. The summed E-state index contributed by atoms with van der Waals surface area (Å²) >= 11 is 0. The molecule has 5 N–H and O–H groups in total. The van der Waals surface area contributed by atoms with Crippen molar-refractivity contribution in [2.24, 2.45) is 5.73 Å². The number of hydrogen-bond donors (Lipinski definition) is 4. The average Bonchev–Trinajstić information content (AvgIpc) is 3.03. The highest BCUT2D eigenvalue weighted by Crippen LogP contribution is 2.38. The van der Waals surface area contributed by atoms with Crippen LogP contribution in [0, 0.1) is 13.8 Å². The molecule has 7 nitrogen and oxygen atoms in total. The van der Waals surface area contributed by atoms with Gasteiger partial charge in [0.25, 0.3) is 0 Å². The van der Waals surface area contributed by atoms with Crippen LogP contribution in [0.3, 0.4) is 0 Å². The smallest absolute Gasteiger partial charge is 0.305 e. The third-order valence-electron chi connectivity index (χ3n) is 5.23. The van der Waals surface area contributed by atoms with Crippen molar-refractivity contribution in [3.05, 3.63) is 47.3 Å². The highest BCUT2D eigenvalue weighted by molar-refractivity contribution is 6.20. The first-order chi connectivity index (χ1) is 13.3. The molecule has 0 saturated heterocycles. The highest BCUT2D eigenvalue weighted by Gasteiger charge is 2.25. The number of carboxylic acids is 1. The molecule has 0 radical (unpaired) electrons. The number of nitrogens with one attached hydrogen (secondary N) is 1. The highest BCUT2D eigenvalue weighted by atomic mass is 16.4. The predicted molar refractivity (Wildman–Crippen MR) is 107 cm³/mol. The standard InChI is InChI=1S/C21H19N3O4/c1-9-12-5-6-23-20(21(28)14(22)8-16(26)27)17(12)10(2)18-13-7-11(25)3-4-15(13)24-19(9)18/h3-7,14,24-25H,8,22H2,1-2H3,(H,26,27)/t14-/m0/s1. The number of pyridine rings is 1. The summed E-state index contributed by atoms with van der Waals surface area (Å²) in [7, 11) is 0. The van der Waals surface area contributed by atoms with E-state index in [9.17, 15) is 14.7 Å². The lowest BCUT2D eigenvalue weighted by Crippen LogP contribution is -2.33. The third-order valence-corrected chi connectivity index (χ3v) is 5.23. The molecule has 0 fully saturated rings. The minimum Gasteiger partial charge on any atom is -0.508 e. The molecule has 0 aliphatic heterocycles. The van der Waals surface area contributed by atoms with Crippen LogP contribution in [0.1, 0.15) is 28.0 Å². The van der Waals surface area contributed by atoms with Gasteiger partial charge >= 0.3 is 5.97 Å². The van der Waals surface area contributed by atoms with E-state index in [1.54, 1.807) is 18.2 Å². The molecule has 0 aliphatic carbocycles. The number of phenolic OH excluding ortho intramolecular Hbond substituents is 1. The number of fused-ring (bicyclic) bond motifs is 4. The van der Waals surface area contributed by atoms with Crippen molar-refractivity contribution in [2.45, 2.75) is 26.3 Å². The number of carbonyl (C=O) groups is 2. The molecule has 2 aromatic carbocycles. The van der Waals surface area contributed by atoms with Gasteiger partial charge < -0.3 is 20.9 Å². The van der Waals surface area contributed by atoms with Crippen LogP contribution in [0.5, 0.6) is 5.75 Å². The molecule has 4 rings (SSSR count). The summed E-state index contributed by atoms with van der Waals surface area (Å²) in [6.07, 6.45) is 1.08. The summed E-state index contributed by atoms with van der Waals surface area (Å²) in [4.78, 5) is 31.4. The van der Waals surface area contributed by atoms with Gasteiger partial charge in [0.15, 0.2) is 5.78 Å². The lowest BCUT2D eigenvalue weighted by molar-refractivity contribution is -0.137. The number of aryl methyl sites for hydroxylation is 2. The Hall–Kier alpha value is -3.45. The topological polar surface area (TPSA) is 129 Å². The zero-order valence-electron chi connectivity index (χ0n) is 15.4. The van der Waals surface area contributed by atoms with Crippen molar-refractivity contribution in [3.8, 4) is 5.75 Å². The number of aromatic amines is 1. The Labute approximate surface area is 159 Å². The number of carboxylic acid groups (broad SMARTS) is 1. The molecule has 0 unspecified atom stereocenters. The van der Waals surface area contributed by atoms with Gasteiger partial charge in [0.1, 0.15) is 11.4 Å². The van der Waals surface area contributed by atoms with E-state index in [1.807, 2.05) is 19.9 Å². The molecule has 28 heavy (non-hydrogen) atoms. The number of nitrogens with zero attached hydrogens (tertiary/aromatic N) is 1. The SMILES string of the molecule is Cc1c2ccnc(C(=O)[C@@H](N)CC(=O)O)c2c(C)c2c1[nH]c1ccc(O)cc12. The van der Waals surface area contributed by atoms with Crippen LogP contribution in [0.4, 0.5) is 0 Å². The number of aromatic hydroxyl groups is 1. The minimum atomic E-state index is -1.17. The number of nitrogens with two attached hydrogens (primary N) is 1. The minimum absolute atomic E-state index is 0.150. The van der Waals surface area contributed by atoms with Crippen molar-refractivity contribution in [2.75, 3.05) is 0 Å². The Morgan fingerprint density at radius 1 is 1.14 bits per heavy atom. The van der Waals surface area contributed by atoms with Crippen molar-refractivity contribution >= 4 is 44.3 Å². The molecule has 2 heterocycles. The normalized spacial score (nSPS) is 12.7. The first kappa shape index (κ1) is 17.9. The first-order valence-electron chi connectivity index (χ1n) is 8.83. The van der Waals surface area contributed by atoms with Crippen LogP contribution < -0.4 is 5.73 Å². The quantitative estimate of drug-likeness (QED) is 0.404. The van der Waals surface area contributed by atoms with Gasteiger partial charge in [-0.15, -0.1) is 0 Å². The Bertz CT molecular complexity index is 1290. The fourth-order valence-electron chi connectivity index (χ4n) is 3.91. The lowest BCUT2D eigenvalue weighted by Gasteiger charge is -2.14. The number of aliphatic carboxylic acids is 1. The molecule has 142 valence electrons. The predicted octanol–water partition coefficient (Wildman–Crippen LogP) is 3.18. The molecule has 4 aromatic rings. The first-order valence-corrected chi connectivity index (χ1v) is 8.83. The van der Waals surface area contributed by atoms with Crippen LogP contribution in [0.2, 0.25) is 0 Å². The van der Waals surface area contributed by atoms with Gasteiger partial charge in [-0.05, 0) is 54.6 Å². The van der Waals surface area contributed by atoms with E-state index >= 15 is 0 Å². The Morgan fingerprint density at radius 2 is 1.89 bits per heavy atom. The number of aromatic nitrogens is 2. The fraction of sp³-hybridized carbons (Fsp3) is 0.190. The van der Waals surface area contributed by atoms with Gasteiger partial charge in [-0.25, -0.2) is 0 Å².